The summed E-state index contributed by atoms with van der Waals surface area (Å²) >= 11 is 12.9. The Morgan fingerprint density at radius 2 is 1.04 bits per heavy atom. The number of rotatable bonds is 8. The predicted octanol–water partition coefficient (Wildman–Crippen LogP) is 8.69. The minimum atomic E-state index is -0.821. The van der Waals surface area contributed by atoms with Crippen molar-refractivity contribution >= 4 is 74.0 Å². The summed E-state index contributed by atoms with van der Waals surface area (Å²) < 4.78 is 6.03. The lowest BCUT2D eigenvalue weighted by Gasteiger charge is -2.27. The number of amides is 3. The third kappa shape index (κ3) is 5.88. The number of alkyl halides is 2. The zero-order chi connectivity index (χ0) is 38.7. The minimum Gasteiger partial charge on any atom is -0.507 e. The molecule has 2 atom stereocenters. The molecule has 0 bridgehead atoms. The zero-order valence-corrected chi connectivity index (χ0v) is 31.7. The number of anilines is 2. The van der Waals surface area contributed by atoms with Gasteiger partial charge in [-0.05, 0) is 44.2 Å². The number of hydrogen-bond acceptors (Lipinski definition) is 6. The standard InChI is InChI=1S/C45H37Cl2N3O6/c46-19-26-21-49(37-17-39(51)32-13-5-7-15-34(32)43(26)37)41(53)23-48(45(55)56-25-36-30-11-3-1-9-28(30)29-10-2-4-12-31(29)36)24-42(54)50-22-27(20-47)44-35-16-8-6-14-33(35)40(52)18-38(44)50/h1-18,26-27,36,51-52H,19-25H2. The molecule has 2 N–H and O–H groups in total. The van der Waals surface area contributed by atoms with E-state index in [-0.39, 0.29) is 60.7 Å². The monoisotopic (exact) mass is 785 g/mol. The molecule has 56 heavy (non-hydrogen) atoms. The Hall–Kier alpha value is -5.77. The topological polar surface area (TPSA) is 111 Å². The molecule has 0 saturated heterocycles. The van der Waals surface area contributed by atoms with Gasteiger partial charge in [0, 0.05) is 65.5 Å². The first kappa shape index (κ1) is 35.9. The highest BCUT2D eigenvalue weighted by atomic mass is 35.5. The van der Waals surface area contributed by atoms with Gasteiger partial charge in [-0.2, -0.15) is 0 Å². The molecule has 6 aromatic rings. The van der Waals surface area contributed by atoms with Crippen LogP contribution in [0.3, 0.4) is 0 Å². The molecule has 11 heteroatoms. The summed E-state index contributed by atoms with van der Waals surface area (Å²) in [5.41, 5.74) is 6.91. The molecular formula is C45H37Cl2N3O6. The Labute approximate surface area is 333 Å². The number of halogens is 2. The third-order valence-electron chi connectivity index (χ3n) is 11.5. The van der Waals surface area contributed by atoms with Crippen molar-refractivity contribution in [2.24, 2.45) is 0 Å². The normalized spacial score (nSPS) is 16.8. The van der Waals surface area contributed by atoms with Crippen LogP contribution in [-0.4, -0.2) is 77.6 Å². The Balaban J connectivity index is 1.04. The predicted molar refractivity (Wildman–Crippen MR) is 219 cm³/mol. The maximum absolute atomic E-state index is 14.4. The summed E-state index contributed by atoms with van der Waals surface area (Å²) in [5, 5.41) is 24.9. The zero-order valence-electron chi connectivity index (χ0n) is 30.2. The number of carbonyl (C=O) groups excluding carboxylic acids is 3. The van der Waals surface area contributed by atoms with Gasteiger partial charge in [0.1, 0.15) is 31.2 Å². The molecule has 9 rings (SSSR count). The van der Waals surface area contributed by atoms with Crippen LogP contribution >= 0.6 is 23.2 Å². The second kappa shape index (κ2) is 14.4. The van der Waals surface area contributed by atoms with E-state index < -0.39 is 31.0 Å². The molecule has 0 aromatic heterocycles. The van der Waals surface area contributed by atoms with Crippen molar-refractivity contribution in [3.63, 3.8) is 0 Å². The van der Waals surface area contributed by atoms with Crippen molar-refractivity contribution < 1.29 is 29.3 Å². The third-order valence-corrected chi connectivity index (χ3v) is 12.3. The fourth-order valence-electron chi connectivity index (χ4n) is 8.95. The van der Waals surface area contributed by atoms with E-state index in [0.29, 0.717) is 22.1 Å². The van der Waals surface area contributed by atoms with Crippen LogP contribution in [0.15, 0.2) is 109 Å². The van der Waals surface area contributed by atoms with Gasteiger partial charge in [0.05, 0.1) is 11.4 Å². The molecule has 1 aliphatic carbocycles. The first-order valence-corrected chi connectivity index (χ1v) is 19.7. The van der Waals surface area contributed by atoms with Gasteiger partial charge in [0.25, 0.3) is 0 Å². The van der Waals surface area contributed by atoms with Gasteiger partial charge in [-0.25, -0.2) is 4.79 Å². The number of benzene rings is 6. The van der Waals surface area contributed by atoms with E-state index in [0.717, 1.165) is 49.1 Å². The molecule has 9 nitrogen and oxygen atoms in total. The Kier molecular flexibility index (Phi) is 9.22. The molecule has 6 aromatic carbocycles. The number of phenols is 2. The van der Waals surface area contributed by atoms with E-state index in [1.165, 1.54) is 9.80 Å². The minimum absolute atomic E-state index is 0.00674. The fraction of sp³-hybridized carbons (Fsp3) is 0.222. The van der Waals surface area contributed by atoms with Crippen molar-refractivity contribution in [3.8, 4) is 22.6 Å². The van der Waals surface area contributed by atoms with E-state index in [9.17, 15) is 24.6 Å². The van der Waals surface area contributed by atoms with Crippen molar-refractivity contribution in [1.29, 1.82) is 0 Å². The van der Waals surface area contributed by atoms with Gasteiger partial charge < -0.3 is 24.7 Å². The summed E-state index contributed by atoms with van der Waals surface area (Å²) in [6.45, 7) is -0.491. The molecule has 0 radical (unpaired) electrons. The van der Waals surface area contributed by atoms with Crippen LogP contribution in [0.5, 0.6) is 11.5 Å². The summed E-state index contributed by atoms with van der Waals surface area (Å²) in [5.74, 6) is -1.09. The maximum Gasteiger partial charge on any atom is 0.410 e. The number of fused-ring (bicyclic) bond motifs is 9. The molecular weight excluding hydrogens is 749 g/mol. The lowest BCUT2D eigenvalue weighted by Crippen LogP contribution is -2.48. The van der Waals surface area contributed by atoms with Gasteiger partial charge in [-0.15, -0.1) is 23.2 Å². The Morgan fingerprint density at radius 1 is 0.625 bits per heavy atom. The van der Waals surface area contributed by atoms with Crippen LogP contribution in [0.25, 0.3) is 32.7 Å². The number of carbonyl (C=O) groups is 3. The van der Waals surface area contributed by atoms with Crippen molar-refractivity contribution in [2.75, 3.05) is 54.3 Å². The smallest absolute Gasteiger partial charge is 0.410 e. The molecule has 2 heterocycles. The Morgan fingerprint density at radius 3 is 1.48 bits per heavy atom. The first-order chi connectivity index (χ1) is 27.3. The summed E-state index contributed by atoms with van der Waals surface area (Å²) in [4.78, 5) is 47.2. The van der Waals surface area contributed by atoms with Gasteiger partial charge in [-0.3, -0.25) is 14.5 Å². The van der Waals surface area contributed by atoms with Crippen molar-refractivity contribution in [3.05, 3.63) is 131 Å². The molecule has 282 valence electrons. The molecule has 3 aliphatic rings. The molecule has 0 spiro atoms. The molecule has 2 unspecified atom stereocenters. The lowest BCUT2D eigenvalue weighted by molar-refractivity contribution is -0.122. The van der Waals surface area contributed by atoms with Crippen molar-refractivity contribution in [1.82, 2.24) is 4.90 Å². The maximum atomic E-state index is 14.4. The highest BCUT2D eigenvalue weighted by molar-refractivity contribution is 6.19. The second-order valence-electron chi connectivity index (χ2n) is 14.6. The number of aromatic hydroxyl groups is 2. The van der Waals surface area contributed by atoms with Crippen LogP contribution < -0.4 is 9.80 Å². The van der Waals surface area contributed by atoms with E-state index >= 15 is 0 Å². The SMILES string of the molecule is O=C(OCC1c2ccccc2-c2ccccc21)N(CC(=O)N1CC(CCl)c2c1cc(O)c1ccccc21)CC(=O)N1CC(CCl)c2c1cc(O)c1ccccc21. The van der Waals surface area contributed by atoms with Crippen LogP contribution in [-0.2, 0) is 14.3 Å². The van der Waals surface area contributed by atoms with E-state index in [2.05, 4.69) is 0 Å². The highest BCUT2D eigenvalue weighted by Crippen LogP contribution is 2.48. The van der Waals surface area contributed by atoms with Gasteiger partial charge in [0.2, 0.25) is 11.8 Å². The summed E-state index contributed by atoms with van der Waals surface area (Å²) in [7, 11) is 0. The molecule has 2 aliphatic heterocycles. The number of hydrogen-bond donors (Lipinski definition) is 2. The first-order valence-electron chi connectivity index (χ1n) is 18.6. The average molecular weight is 787 g/mol. The van der Waals surface area contributed by atoms with Crippen LogP contribution in [0.2, 0.25) is 0 Å². The molecule has 3 amide bonds. The molecule has 0 saturated carbocycles. The lowest BCUT2D eigenvalue weighted by atomic mass is 9.95. The van der Waals surface area contributed by atoms with Gasteiger partial charge in [-0.1, -0.05) is 97.1 Å². The number of phenolic OH excluding ortho intramolecular Hbond substituents is 2. The van der Waals surface area contributed by atoms with Crippen LogP contribution in [0, 0.1) is 0 Å². The van der Waals surface area contributed by atoms with E-state index in [4.69, 9.17) is 27.9 Å². The average Bonchev–Trinajstić information content (AvgIpc) is 3.89. The van der Waals surface area contributed by atoms with Crippen LogP contribution in [0.1, 0.15) is 40.0 Å². The van der Waals surface area contributed by atoms with Gasteiger partial charge in [0.15, 0.2) is 0 Å². The molecule has 0 fully saturated rings. The number of nitrogens with zero attached hydrogens (tertiary/aromatic N) is 3. The fourth-order valence-corrected chi connectivity index (χ4v) is 9.45. The largest absolute Gasteiger partial charge is 0.507 e. The second-order valence-corrected chi connectivity index (χ2v) is 15.2. The van der Waals surface area contributed by atoms with Gasteiger partial charge >= 0.3 is 6.09 Å². The van der Waals surface area contributed by atoms with E-state index in [1.54, 1.807) is 12.1 Å². The quantitative estimate of drug-likeness (QED) is 0.150. The van der Waals surface area contributed by atoms with Crippen LogP contribution in [0.4, 0.5) is 16.2 Å². The van der Waals surface area contributed by atoms with Crippen molar-refractivity contribution in [2.45, 2.75) is 17.8 Å². The Bertz CT molecular complexity index is 2410. The highest BCUT2D eigenvalue weighted by Gasteiger charge is 2.39. The van der Waals surface area contributed by atoms with E-state index in [1.807, 2.05) is 97.1 Å². The summed E-state index contributed by atoms with van der Waals surface area (Å²) in [6, 6.07) is 34.0. The summed E-state index contributed by atoms with van der Waals surface area (Å²) in [6.07, 6.45) is -0.821. The number of ether oxygens (including phenoxy) is 1.